The summed E-state index contributed by atoms with van der Waals surface area (Å²) in [6.07, 6.45) is -0.763. The van der Waals surface area contributed by atoms with Crippen molar-refractivity contribution in [2.24, 2.45) is 0 Å². The Hall–Kier alpha value is -3.38. The Balaban J connectivity index is 1.68. The Kier molecular flexibility index (Phi) is 6.15. The van der Waals surface area contributed by atoms with Gasteiger partial charge in [-0.15, -0.1) is 0 Å². The van der Waals surface area contributed by atoms with Gasteiger partial charge < -0.3 is 10.1 Å². The highest BCUT2D eigenvalue weighted by Gasteiger charge is 2.20. The van der Waals surface area contributed by atoms with E-state index >= 15 is 0 Å². The predicted molar refractivity (Wildman–Crippen MR) is 128 cm³/mol. The molecule has 7 heteroatoms. The molecule has 0 bridgehead atoms. The zero-order valence-corrected chi connectivity index (χ0v) is 19.3. The summed E-state index contributed by atoms with van der Waals surface area (Å²) in [5, 5.41) is 9.06. The van der Waals surface area contributed by atoms with Crippen molar-refractivity contribution in [1.29, 1.82) is 0 Å². The molecule has 164 valence electrons. The number of amides is 1. The van der Waals surface area contributed by atoms with E-state index in [9.17, 15) is 4.79 Å². The fraction of sp³-hybridized carbons (Fsp3) is 0.240. The summed E-state index contributed by atoms with van der Waals surface area (Å²) < 4.78 is 7.85. The topological polar surface area (TPSA) is 69.0 Å². The number of anilines is 1. The molecule has 0 unspecified atom stereocenters. The molecule has 1 atom stereocenters. The first-order valence-corrected chi connectivity index (χ1v) is 10.9. The molecule has 0 saturated heterocycles. The molecule has 4 rings (SSSR count). The molecule has 0 aliphatic rings. The van der Waals surface area contributed by atoms with Gasteiger partial charge in [0.15, 0.2) is 11.8 Å². The fourth-order valence-electron chi connectivity index (χ4n) is 3.65. The number of halogens is 1. The quantitative estimate of drug-likeness (QED) is 0.405. The highest BCUT2D eigenvalue weighted by atomic mass is 35.5. The van der Waals surface area contributed by atoms with Crippen LogP contribution in [-0.2, 0) is 11.3 Å². The van der Waals surface area contributed by atoms with Crippen LogP contribution < -0.4 is 10.1 Å². The summed E-state index contributed by atoms with van der Waals surface area (Å²) in [6, 6.07) is 17.3. The van der Waals surface area contributed by atoms with Crippen LogP contribution in [0.5, 0.6) is 5.88 Å². The number of fused-ring (bicyclic) bond motifs is 1. The van der Waals surface area contributed by atoms with Crippen molar-refractivity contribution in [2.75, 3.05) is 5.32 Å². The first-order chi connectivity index (χ1) is 15.4. The van der Waals surface area contributed by atoms with E-state index in [1.54, 1.807) is 19.1 Å². The van der Waals surface area contributed by atoms with E-state index < -0.39 is 6.10 Å². The normalized spacial score (nSPS) is 12.0. The number of hydrogen-bond donors (Lipinski definition) is 1. The van der Waals surface area contributed by atoms with Crippen molar-refractivity contribution in [2.45, 2.75) is 40.3 Å². The largest absolute Gasteiger partial charge is 0.464 e. The Morgan fingerprint density at radius 2 is 1.91 bits per heavy atom. The number of ether oxygens (including phenoxy) is 1. The lowest BCUT2D eigenvalue weighted by Gasteiger charge is -2.16. The lowest BCUT2D eigenvalue weighted by molar-refractivity contribution is -0.122. The van der Waals surface area contributed by atoms with Gasteiger partial charge in [0.1, 0.15) is 0 Å². The monoisotopic (exact) mass is 448 g/mol. The number of nitrogens with zero attached hydrogens (tertiary/aromatic N) is 3. The number of benzene rings is 2. The van der Waals surface area contributed by atoms with Crippen LogP contribution in [-0.4, -0.2) is 26.8 Å². The standard InChI is InChI=1S/C25H25ClN4O2/c1-5-30-24-23(16(3)29-30)20(18-9-7-6-8-10-18)14-22(28-24)32-17(4)25(31)27-21-13-19(26)12-11-15(21)2/h6-14,17H,5H2,1-4H3,(H,27,31)/t17-/m1/s1. The summed E-state index contributed by atoms with van der Waals surface area (Å²) >= 11 is 6.07. The minimum Gasteiger partial charge on any atom is -0.464 e. The van der Waals surface area contributed by atoms with E-state index in [4.69, 9.17) is 21.3 Å². The smallest absolute Gasteiger partial charge is 0.265 e. The first kappa shape index (κ1) is 21.8. The molecular formula is C25H25ClN4O2. The Bertz CT molecular complexity index is 1280. The average molecular weight is 449 g/mol. The van der Waals surface area contributed by atoms with E-state index in [2.05, 4.69) is 10.4 Å². The third-order valence-corrected chi connectivity index (χ3v) is 5.60. The zero-order valence-electron chi connectivity index (χ0n) is 18.5. The van der Waals surface area contributed by atoms with Gasteiger partial charge in [-0.05, 0) is 56.5 Å². The van der Waals surface area contributed by atoms with Gasteiger partial charge in [0, 0.05) is 23.3 Å². The van der Waals surface area contributed by atoms with Gasteiger partial charge in [0.05, 0.1) is 11.1 Å². The Labute approximate surface area is 192 Å². The SMILES string of the molecule is CCn1nc(C)c2c(-c3ccccc3)cc(O[C@H](C)C(=O)Nc3cc(Cl)ccc3C)nc21. The fourth-order valence-corrected chi connectivity index (χ4v) is 3.83. The predicted octanol–water partition coefficient (Wildman–Crippen LogP) is 5.79. The number of hydrogen-bond acceptors (Lipinski definition) is 4. The molecule has 0 aliphatic heterocycles. The molecule has 1 amide bonds. The lowest BCUT2D eigenvalue weighted by Crippen LogP contribution is -2.30. The number of aromatic nitrogens is 3. The number of pyridine rings is 1. The van der Waals surface area contributed by atoms with Gasteiger partial charge in [-0.1, -0.05) is 48.0 Å². The van der Waals surface area contributed by atoms with Crippen LogP contribution in [0.1, 0.15) is 25.1 Å². The molecule has 32 heavy (non-hydrogen) atoms. The van der Waals surface area contributed by atoms with Crippen molar-refractivity contribution in [1.82, 2.24) is 14.8 Å². The van der Waals surface area contributed by atoms with Gasteiger partial charge in [-0.2, -0.15) is 10.1 Å². The van der Waals surface area contributed by atoms with Crippen LogP contribution in [0, 0.1) is 13.8 Å². The van der Waals surface area contributed by atoms with Gasteiger partial charge in [-0.25, -0.2) is 4.68 Å². The van der Waals surface area contributed by atoms with Crippen LogP contribution in [0.3, 0.4) is 0 Å². The van der Waals surface area contributed by atoms with E-state index in [-0.39, 0.29) is 5.91 Å². The summed E-state index contributed by atoms with van der Waals surface area (Å²) in [4.78, 5) is 17.5. The zero-order chi connectivity index (χ0) is 22.8. The molecule has 0 saturated carbocycles. The molecule has 2 aromatic heterocycles. The summed E-state index contributed by atoms with van der Waals surface area (Å²) in [5.41, 5.74) is 5.23. The maximum atomic E-state index is 12.8. The number of carbonyl (C=O) groups is 1. The minimum absolute atomic E-state index is 0.279. The molecule has 1 N–H and O–H groups in total. The highest BCUT2D eigenvalue weighted by molar-refractivity contribution is 6.31. The molecule has 2 heterocycles. The van der Waals surface area contributed by atoms with E-state index in [0.717, 1.165) is 33.4 Å². The number of carbonyl (C=O) groups excluding carboxylic acids is 1. The minimum atomic E-state index is -0.763. The molecule has 2 aromatic carbocycles. The van der Waals surface area contributed by atoms with Crippen molar-refractivity contribution in [3.8, 4) is 17.0 Å². The highest BCUT2D eigenvalue weighted by Crippen LogP contribution is 2.33. The molecule has 0 aliphatic carbocycles. The Morgan fingerprint density at radius 1 is 1.16 bits per heavy atom. The first-order valence-electron chi connectivity index (χ1n) is 10.5. The van der Waals surface area contributed by atoms with Crippen LogP contribution >= 0.6 is 11.6 Å². The second kappa shape index (κ2) is 9.01. The van der Waals surface area contributed by atoms with Crippen molar-refractivity contribution < 1.29 is 9.53 Å². The lowest BCUT2D eigenvalue weighted by atomic mass is 10.0. The van der Waals surface area contributed by atoms with Gasteiger partial charge in [-0.3, -0.25) is 4.79 Å². The summed E-state index contributed by atoms with van der Waals surface area (Å²) in [6.45, 7) is 8.29. The third-order valence-electron chi connectivity index (χ3n) is 5.36. The summed E-state index contributed by atoms with van der Waals surface area (Å²) in [7, 11) is 0. The maximum absolute atomic E-state index is 12.8. The van der Waals surface area contributed by atoms with Crippen LogP contribution in [0.4, 0.5) is 5.69 Å². The molecule has 6 nitrogen and oxygen atoms in total. The number of rotatable bonds is 6. The number of aryl methyl sites for hydroxylation is 3. The van der Waals surface area contributed by atoms with E-state index in [1.165, 1.54) is 0 Å². The summed E-state index contributed by atoms with van der Waals surface area (Å²) in [5.74, 6) is 0.0927. The molecule has 4 aromatic rings. The second-order valence-electron chi connectivity index (χ2n) is 7.68. The van der Waals surface area contributed by atoms with Crippen LogP contribution in [0.25, 0.3) is 22.2 Å². The van der Waals surface area contributed by atoms with Crippen molar-refractivity contribution in [3.63, 3.8) is 0 Å². The van der Waals surface area contributed by atoms with Gasteiger partial charge in [0.2, 0.25) is 5.88 Å². The van der Waals surface area contributed by atoms with Crippen molar-refractivity contribution in [3.05, 3.63) is 70.9 Å². The third kappa shape index (κ3) is 4.32. The molecule has 0 radical (unpaired) electrons. The van der Waals surface area contributed by atoms with Gasteiger partial charge >= 0.3 is 0 Å². The average Bonchev–Trinajstić information content (AvgIpc) is 3.11. The Morgan fingerprint density at radius 3 is 2.62 bits per heavy atom. The maximum Gasteiger partial charge on any atom is 0.265 e. The van der Waals surface area contributed by atoms with E-state index in [1.807, 2.05) is 67.9 Å². The van der Waals surface area contributed by atoms with Gasteiger partial charge in [0.25, 0.3) is 5.91 Å². The van der Waals surface area contributed by atoms with Crippen LogP contribution in [0.15, 0.2) is 54.6 Å². The molecule has 0 fully saturated rings. The van der Waals surface area contributed by atoms with Crippen molar-refractivity contribution >= 4 is 34.2 Å². The van der Waals surface area contributed by atoms with E-state index in [0.29, 0.717) is 23.1 Å². The second-order valence-corrected chi connectivity index (χ2v) is 8.12. The number of nitrogens with one attached hydrogen (secondary N) is 1. The van der Waals surface area contributed by atoms with Crippen LogP contribution in [0.2, 0.25) is 5.02 Å². The molecular weight excluding hydrogens is 424 g/mol. The molecule has 0 spiro atoms.